The number of carbonyl (C=O) groups excluding carboxylic acids is 2. The topological polar surface area (TPSA) is 57.0 Å². The van der Waals surface area contributed by atoms with Crippen molar-refractivity contribution >= 4 is 11.6 Å². The highest BCUT2D eigenvalue weighted by atomic mass is 16.3. The van der Waals surface area contributed by atoms with E-state index in [1.165, 1.54) is 25.9 Å². The number of rotatable bonds is 3. The number of aryl methyl sites for hydroxylation is 2. The summed E-state index contributed by atoms with van der Waals surface area (Å²) in [5, 5.41) is 0. The Morgan fingerprint density at radius 1 is 0.875 bits per heavy atom. The van der Waals surface area contributed by atoms with Crippen molar-refractivity contribution in [2.24, 2.45) is 0 Å². The number of ketones is 2. The van der Waals surface area contributed by atoms with Crippen LogP contribution in [0.1, 0.15) is 56.0 Å². The molecule has 6 nitrogen and oxygen atoms in total. The zero-order chi connectivity index (χ0) is 22.6. The summed E-state index contributed by atoms with van der Waals surface area (Å²) in [5.41, 5.74) is 4.63. The monoisotopic (exact) mass is 435 g/mol. The third-order valence-corrected chi connectivity index (χ3v) is 7.78. The Balaban J connectivity index is 1.34. The van der Waals surface area contributed by atoms with Crippen LogP contribution in [0.5, 0.6) is 0 Å². The van der Waals surface area contributed by atoms with Gasteiger partial charge in [0, 0.05) is 62.0 Å². The minimum Gasteiger partial charge on any atom is -0.459 e. The Bertz CT molecular complexity index is 1070. The SMILES string of the molecule is Cc1cc2c(cc1C)-c1oc(CN3CCC(N4CCN(C)CC4)CC3)c(C)c1C(=O)C2=O. The van der Waals surface area contributed by atoms with Gasteiger partial charge in [0.25, 0.3) is 0 Å². The molecule has 3 heterocycles. The van der Waals surface area contributed by atoms with E-state index in [1.807, 2.05) is 32.9 Å². The minimum absolute atomic E-state index is 0.418. The second kappa shape index (κ2) is 8.25. The van der Waals surface area contributed by atoms with Crippen LogP contribution in [0, 0.1) is 20.8 Å². The number of furan rings is 1. The summed E-state index contributed by atoms with van der Waals surface area (Å²) in [7, 11) is 2.20. The highest BCUT2D eigenvalue weighted by Crippen LogP contribution is 2.40. The number of hydrogen-bond acceptors (Lipinski definition) is 6. The molecule has 6 heteroatoms. The largest absolute Gasteiger partial charge is 0.459 e. The molecule has 1 aliphatic carbocycles. The zero-order valence-electron chi connectivity index (χ0n) is 19.7. The number of benzene rings is 1. The van der Waals surface area contributed by atoms with Gasteiger partial charge < -0.3 is 9.32 Å². The van der Waals surface area contributed by atoms with E-state index in [-0.39, 0.29) is 0 Å². The summed E-state index contributed by atoms with van der Waals surface area (Å²) in [5.74, 6) is 0.545. The van der Waals surface area contributed by atoms with Crippen LogP contribution in [0.4, 0.5) is 0 Å². The summed E-state index contributed by atoms with van der Waals surface area (Å²) in [6.07, 6.45) is 2.34. The molecule has 2 saturated heterocycles. The number of piperidine rings is 1. The van der Waals surface area contributed by atoms with Crippen molar-refractivity contribution in [3.05, 3.63) is 45.7 Å². The van der Waals surface area contributed by atoms with Crippen molar-refractivity contribution in [3.63, 3.8) is 0 Å². The first-order valence-electron chi connectivity index (χ1n) is 11.8. The first-order valence-corrected chi connectivity index (χ1v) is 11.8. The molecule has 1 aromatic carbocycles. The average Bonchev–Trinajstić information content (AvgIpc) is 3.11. The molecule has 3 aliphatic rings. The summed E-state index contributed by atoms with van der Waals surface area (Å²) in [4.78, 5) is 33.2. The third kappa shape index (κ3) is 3.64. The summed E-state index contributed by atoms with van der Waals surface area (Å²) < 4.78 is 6.30. The number of hydrogen-bond donors (Lipinski definition) is 0. The molecule has 0 saturated carbocycles. The van der Waals surface area contributed by atoms with E-state index in [2.05, 4.69) is 21.7 Å². The number of piperazine rings is 1. The van der Waals surface area contributed by atoms with E-state index < -0.39 is 11.6 Å². The zero-order valence-corrected chi connectivity index (χ0v) is 19.7. The Morgan fingerprint density at radius 2 is 1.50 bits per heavy atom. The van der Waals surface area contributed by atoms with Crippen LogP contribution in [-0.2, 0) is 6.54 Å². The van der Waals surface area contributed by atoms with E-state index in [1.54, 1.807) is 0 Å². The van der Waals surface area contributed by atoms with Gasteiger partial charge in [0.2, 0.25) is 11.6 Å². The Kier molecular flexibility index (Phi) is 5.56. The molecule has 0 amide bonds. The summed E-state index contributed by atoms with van der Waals surface area (Å²) >= 11 is 0. The molecule has 0 unspecified atom stereocenters. The molecule has 0 radical (unpaired) electrons. The predicted octanol–water partition coefficient (Wildman–Crippen LogP) is 3.46. The number of fused-ring (bicyclic) bond motifs is 3. The maximum absolute atomic E-state index is 12.9. The van der Waals surface area contributed by atoms with Gasteiger partial charge in [0.05, 0.1) is 12.1 Å². The number of nitrogens with zero attached hydrogens (tertiary/aromatic N) is 3. The fourth-order valence-corrected chi connectivity index (χ4v) is 5.43. The molecule has 2 aliphatic heterocycles. The number of likely N-dealkylation sites (tertiary alicyclic amines) is 1. The quantitative estimate of drug-likeness (QED) is 0.689. The van der Waals surface area contributed by atoms with Crippen LogP contribution in [0.3, 0.4) is 0 Å². The first-order chi connectivity index (χ1) is 15.3. The fourth-order valence-electron chi connectivity index (χ4n) is 5.43. The van der Waals surface area contributed by atoms with Crippen molar-refractivity contribution in [1.29, 1.82) is 0 Å². The lowest BCUT2D eigenvalue weighted by Gasteiger charge is -2.42. The van der Waals surface area contributed by atoms with E-state index in [0.717, 1.165) is 54.2 Å². The lowest BCUT2D eigenvalue weighted by atomic mass is 9.85. The summed E-state index contributed by atoms with van der Waals surface area (Å²) in [6, 6.07) is 4.49. The summed E-state index contributed by atoms with van der Waals surface area (Å²) in [6.45, 7) is 13.3. The number of Topliss-reactive ketones (excluding diaryl/α,β-unsaturated/α-hetero) is 2. The Hall–Kier alpha value is -2.28. The number of carbonyl (C=O) groups is 2. The molecule has 0 bridgehead atoms. The maximum Gasteiger partial charge on any atom is 0.237 e. The standard InChI is InChI=1S/C26H33N3O3/c1-16-13-20-21(14-17(16)2)26-23(25(31)24(20)30)18(3)22(32-26)15-28-7-5-19(6-8-28)29-11-9-27(4)10-12-29/h13-14,19H,5-12,15H2,1-4H3. The van der Waals surface area contributed by atoms with E-state index in [9.17, 15) is 9.59 Å². The van der Waals surface area contributed by atoms with Crippen molar-refractivity contribution < 1.29 is 14.0 Å². The molecule has 1 aromatic heterocycles. The molecular formula is C26H33N3O3. The van der Waals surface area contributed by atoms with Crippen LogP contribution in [0.25, 0.3) is 11.3 Å². The highest BCUT2D eigenvalue weighted by Gasteiger charge is 2.37. The molecule has 5 rings (SSSR count). The van der Waals surface area contributed by atoms with Crippen LogP contribution in [-0.4, -0.2) is 78.6 Å². The molecule has 2 aromatic rings. The van der Waals surface area contributed by atoms with E-state index >= 15 is 0 Å². The van der Waals surface area contributed by atoms with Gasteiger partial charge in [0.1, 0.15) is 11.5 Å². The molecule has 2 fully saturated rings. The van der Waals surface area contributed by atoms with E-state index in [4.69, 9.17) is 4.42 Å². The molecule has 0 spiro atoms. The van der Waals surface area contributed by atoms with E-state index in [0.29, 0.717) is 29.5 Å². The molecule has 170 valence electrons. The first kappa shape index (κ1) is 21.6. The van der Waals surface area contributed by atoms with Gasteiger partial charge in [-0.15, -0.1) is 0 Å². The molecule has 0 N–H and O–H groups in total. The van der Waals surface area contributed by atoms with Crippen molar-refractivity contribution in [3.8, 4) is 11.3 Å². The van der Waals surface area contributed by atoms with Crippen molar-refractivity contribution in [2.45, 2.75) is 46.2 Å². The van der Waals surface area contributed by atoms with Crippen LogP contribution < -0.4 is 0 Å². The van der Waals surface area contributed by atoms with Crippen LogP contribution in [0.15, 0.2) is 16.5 Å². The van der Waals surface area contributed by atoms with Gasteiger partial charge in [-0.05, 0) is 63.9 Å². The molecule has 0 atom stereocenters. The molecular weight excluding hydrogens is 402 g/mol. The maximum atomic E-state index is 12.9. The molecule has 32 heavy (non-hydrogen) atoms. The van der Waals surface area contributed by atoms with Crippen LogP contribution in [0.2, 0.25) is 0 Å². The van der Waals surface area contributed by atoms with Crippen molar-refractivity contribution in [1.82, 2.24) is 14.7 Å². The van der Waals surface area contributed by atoms with Gasteiger partial charge in [-0.3, -0.25) is 19.4 Å². The smallest absolute Gasteiger partial charge is 0.237 e. The van der Waals surface area contributed by atoms with Gasteiger partial charge in [-0.2, -0.15) is 0 Å². The fraction of sp³-hybridized carbons (Fsp3) is 0.538. The average molecular weight is 436 g/mol. The number of likely N-dealkylation sites (N-methyl/N-ethyl adjacent to an activating group) is 1. The normalized spacial score (nSPS) is 21.1. The second-order valence-electron chi connectivity index (χ2n) is 9.84. The Labute approximate surface area is 190 Å². The van der Waals surface area contributed by atoms with Crippen molar-refractivity contribution in [2.75, 3.05) is 46.3 Å². The highest BCUT2D eigenvalue weighted by molar-refractivity contribution is 6.53. The van der Waals surface area contributed by atoms with Gasteiger partial charge in [-0.1, -0.05) is 0 Å². The third-order valence-electron chi connectivity index (χ3n) is 7.78. The van der Waals surface area contributed by atoms with Crippen LogP contribution >= 0.6 is 0 Å². The minimum atomic E-state index is -0.433. The Morgan fingerprint density at radius 3 is 2.16 bits per heavy atom. The van der Waals surface area contributed by atoms with Gasteiger partial charge >= 0.3 is 0 Å². The predicted molar refractivity (Wildman–Crippen MR) is 124 cm³/mol. The second-order valence-corrected chi connectivity index (χ2v) is 9.84. The van der Waals surface area contributed by atoms with Gasteiger partial charge in [0.15, 0.2) is 0 Å². The lowest BCUT2D eigenvalue weighted by Crippen LogP contribution is -2.52. The lowest BCUT2D eigenvalue weighted by molar-refractivity contribution is 0.0639. The van der Waals surface area contributed by atoms with Gasteiger partial charge in [-0.25, -0.2) is 0 Å².